The molecule has 6 aromatic carbocycles. The highest BCUT2D eigenvalue weighted by Gasteiger charge is 2.43. The van der Waals surface area contributed by atoms with Gasteiger partial charge in [-0.05, 0) is 51.6 Å². The van der Waals surface area contributed by atoms with Crippen LogP contribution in [0.25, 0.3) is 44.5 Å². The average molecular weight is 527 g/mol. The number of carbonyl (C=O) groups excluding carboxylic acids is 2. The first-order chi connectivity index (χ1) is 20.2. The summed E-state index contributed by atoms with van der Waals surface area (Å²) in [6, 6.07) is 50.1. The van der Waals surface area contributed by atoms with Crippen LogP contribution in [-0.2, 0) is 0 Å². The lowest BCUT2D eigenvalue weighted by molar-refractivity contribution is 0.0926. The topological polar surface area (TPSA) is 37.4 Å². The van der Waals surface area contributed by atoms with Gasteiger partial charge in [-0.25, -0.2) is 4.90 Å². The fraction of sp³-hybridized carbons (Fsp3) is 0. The monoisotopic (exact) mass is 526 g/mol. The van der Waals surface area contributed by atoms with Crippen LogP contribution in [0.4, 0.5) is 5.69 Å². The summed E-state index contributed by atoms with van der Waals surface area (Å²) in [7, 11) is 0. The molecule has 0 saturated heterocycles. The number of hydrogen-bond donors (Lipinski definition) is 0. The average Bonchev–Trinajstić information content (AvgIpc) is 3.31. The van der Waals surface area contributed by atoms with E-state index >= 15 is 0 Å². The molecule has 0 bridgehead atoms. The summed E-state index contributed by atoms with van der Waals surface area (Å²) in [5, 5.41) is 0. The quantitative estimate of drug-likeness (QED) is 0.210. The van der Waals surface area contributed by atoms with Gasteiger partial charge in [-0.2, -0.15) is 0 Å². The molecule has 3 heteroatoms. The Balaban J connectivity index is 1.72. The van der Waals surface area contributed by atoms with Crippen LogP contribution in [0.1, 0.15) is 20.7 Å². The molecular formula is C38H24NO2. The van der Waals surface area contributed by atoms with Gasteiger partial charge >= 0.3 is 0 Å². The summed E-state index contributed by atoms with van der Waals surface area (Å²) in [4.78, 5) is 30.3. The maximum atomic E-state index is 14.5. The largest absolute Gasteiger partial charge is 0.268 e. The lowest BCUT2D eigenvalue weighted by Crippen LogP contribution is -2.29. The minimum Gasteiger partial charge on any atom is -0.268 e. The van der Waals surface area contributed by atoms with Crippen LogP contribution in [0, 0.1) is 6.07 Å². The molecule has 0 aliphatic carbocycles. The molecule has 0 atom stereocenters. The van der Waals surface area contributed by atoms with Crippen molar-refractivity contribution in [1.29, 1.82) is 0 Å². The summed E-state index contributed by atoms with van der Waals surface area (Å²) in [5.74, 6) is -0.659. The third kappa shape index (κ3) is 4.07. The lowest BCUT2D eigenvalue weighted by atomic mass is 9.78. The van der Waals surface area contributed by atoms with Crippen molar-refractivity contribution < 1.29 is 9.59 Å². The van der Waals surface area contributed by atoms with Crippen LogP contribution in [0.5, 0.6) is 0 Å². The Labute approximate surface area is 239 Å². The molecule has 0 spiro atoms. The molecule has 0 fully saturated rings. The van der Waals surface area contributed by atoms with Crippen LogP contribution in [-0.4, -0.2) is 11.8 Å². The van der Waals surface area contributed by atoms with Crippen molar-refractivity contribution in [3.63, 3.8) is 0 Å². The van der Waals surface area contributed by atoms with Gasteiger partial charge in [0.1, 0.15) is 0 Å². The zero-order chi connectivity index (χ0) is 27.8. The van der Waals surface area contributed by atoms with Crippen molar-refractivity contribution in [2.75, 3.05) is 4.90 Å². The van der Waals surface area contributed by atoms with Crippen LogP contribution in [0.15, 0.2) is 146 Å². The van der Waals surface area contributed by atoms with Gasteiger partial charge in [0.05, 0.1) is 16.8 Å². The lowest BCUT2D eigenvalue weighted by Gasteiger charge is -2.23. The second-order valence-corrected chi connectivity index (χ2v) is 9.92. The van der Waals surface area contributed by atoms with Crippen molar-refractivity contribution in [3.8, 4) is 44.5 Å². The number of imide groups is 1. The van der Waals surface area contributed by atoms with Crippen molar-refractivity contribution >= 4 is 17.5 Å². The van der Waals surface area contributed by atoms with Crippen LogP contribution >= 0.6 is 0 Å². The molecule has 1 heterocycles. The summed E-state index contributed by atoms with van der Waals surface area (Å²) in [5.41, 5.74) is 8.43. The zero-order valence-electron chi connectivity index (χ0n) is 22.1. The van der Waals surface area contributed by atoms with Gasteiger partial charge in [-0.15, -0.1) is 0 Å². The Hall–Kier alpha value is -5.54. The van der Waals surface area contributed by atoms with Crippen molar-refractivity contribution in [1.82, 2.24) is 0 Å². The van der Waals surface area contributed by atoms with Crippen LogP contribution in [0.3, 0.4) is 0 Å². The van der Waals surface area contributed by atoms with E-state index in [0.29, 0.717) is 16.8 Å². The van der Waals surface area contributed by atoms with E-state index < -0.39 is 0 Å². The third-order valence-corrected chi connectivity index (χ3v) is 7.54. The minimum absolute atomic E-state index is 0.330. The molecule has 1 aliphatic heterocycles. The van der Waals surface area contributed by atoms with Gasteiger partial charge < -0.3 is 0 Å². The molecule has 193 valence electrons. The van der Waals surface area contributed by atoms with Crippen LogP contribution < -0.4 is 4.90 Å². The van der Waals surface area contributed by atoms with Gasteiger partial charge in [0.2, 0.25) is 0 Å². The van der Waals surface area contributed by atoms with E-state index in [9.17, 15) is 9.59 Å². The van der Waals surface area contributed by atoms with Crippen molar-refractivity contribution in [2.24, 2.45) is 0 Å². The minimum atomic E-state index is -0.330. The van der Waals surface area contributed by atoms with E-state index in [1.54, 1.807) is 24.3 Å². The smallest absolute Gasteiger partial charge is 0.266 e. The second kappa shape index (κ2) is 10.2. The van der Waals surface area contributed by atoms with Gasteiger partial charge in [0.15, 0.2) is 0 Å². The van der Waals surface area contributed by atoms with Crippen molar-refractivity contribution in [3.05, 3.63) is 163 Å². The maximum absolute atomic E-state index is 14.5. The Bertz CT molecular complexity index is 1760. The molecule has 3 nitrogen and oxygen atoms in total. The van der Waals surface area contributed by atoms with Crippen LogP contribution in [0.2, 0.25) is 0 Å². The molecule has 0 saturated carbocycles. The summed E-state index contributed by atoms with van der Waals surface area (Å²) < 4.78 is 0. The Morgan fingerprint density at radius 3 is 0.976 bits per heavy atom. The van der Waals surface area contributed by atoms with Gasteiger partial charge in [-0.1, -0.05) is 133 Å². The molecule has 1 radical (unpaired) electrons. The molecule has 1 aliphatic rings. The maximum Gasteiger partial charge on any atom is 0.266 e. The Morgan fingerprint density at radius 2 is 0.659 bits per heavy atom. The standard InChI is InChI=1S/C38H24NO2/c40-37-35-33(28-20-10-3-11-21-28)31(26-16-6-1-7-17-26)32(27-18-8-2-9-19-27)34(29-22-12-4-13-23-29)36(35)38(41)39(37)30-24-14-5-15-25-30/h1-4,6-25H. The number of rotatable bonds is 5. The number of hydrogen-bond acceptors (Lipinski definition) is 2. The van der Waals surface area contributed by atoms with Gasteiger partial charge in [-0.3, -0.25) is 9.59 Å². The summed E-state index contributed by atoms with van der Waals surface area (Å²) in [6.45, 7) is 0. The fourth-order valence-corrected chi connectivity index (χ4v) is 5.83. The van der Waals surface area contributed by atoms with E-state index in [0.717, 1.165) is 44.5 Å². The number of amides is 2. The van der Waals surface area contributed by atoms with E-state index in [-0.39, 0.29) is 11.8 Å². The normalized spacial score (nSPS) is 12.4. The number of anilines is 1. The molecule has 6 aromatic rings. The molecule has 2 amide bonds. The highest BCUT2D eigenvalue weighted by molar-refractivity contribution is 6.39. The molecule has 0 aromatic heterocycles. The van der Waals surface area contributed by atoms with Gasteiger partial charge in [0.25, 0.3) is 11.8 Å². The number of fused-ring (bicyclic) bond motifs is 1. The second-order valence-electron chi connectivity index (χ2n) is 9.92. The summed E-state index contributed by atoms with van der Waals surface area (Å²) in [6.07, 6.45) is 0. The Morgan fingerprint density at radius 1 is 0.366 bits per heavy atom. The first-order valence-electron chi connectivity index (χ1n) is 13.5. The van der Waals surface area contributed by atoms with E-state index in [4.69, 9.17) is 0 Å². The predicted molar refractivity (Wildman–Crippen MR) is 165 cm³/mol. The molecule has 0 unspecified atom stereocenters. The molecular weight excluding hydrogens is 502 g/mol. The zero-order valence-corrected chi connectivity index (χ0v) is 22.1. The first kappa shape index (κ1) is 24.5. The fourth-order valence-electron chi connectivity index (χ4n) is 5.83. The highest BCUT2D eigenvalue weighted by Crippen LogP contribution is 2.52. The molecule has 0 N–H and O–H groups in total. The third-order valence-electron chi connectivity index (χ3n) is 7.54. The number of benzene rings is 6. The first-order valence-corrected chi connectivity index (χ1v) is 13.5. The molecule has 41 heavy (non-hydrogen) atoms. The predicted octanol–water partition coefficient (Wildman–Crippen LogP) is 8.96. The van der Waals surface area contributed by atoms with E-state index in [1.165, 1.54) is 4.90 Å². The van der Waals surface area contributed by atoms with E-state index in [2.05, 4.69) is 30.3 Å². The number of carbonyl (C=O) groups is 2. The summed E-state index contributed by atoms with van der Waals surface area (Å²) >= 11 is 0. The SMILES string of the molecule is O=C1c2c(c(-c3ccccc3)c(-c3ccccc3)c(-c3ccccc3)c2-c2ccccc2)C(=O)N1c1cc[c]cc1. The molecule has 7 rings (SSSR count). The Kier molecular flexibility index (Phi) is 6.10. The highest BCUT2D eigenvalue weighted by atomic mass is 16.2. The van der Waals surface area contributed by atoms with Crippen molar-refractivity contribution in [2.45, 2.75) is 0 Å². The number of nitrogens with zero attached hydrogens (tertiary/aromatic N) is 1. The van der Waals surface area contributed by atoms with E-state index in [1.807, 2.05) is 97.1 Å². The van der Waals surface area contributed by atoms with Gasteiger partial charge in [0, 0.05) is 11.1 Å².